The van der Waals surface area contributed by atoms with Crippen LogP contribution in [0.3, 0.4) is 0 Å². The van der Waals surface area contributed by atoms with Crippen molar-refractivity contribution in [2.45, 2.75) is 19.2 Å². The summed E-state index contributed by atoms with van der Waals surface area (Å²) in [6, 6.07) is 3.29. The monoisotopic (exact) mass is 274 g/mol. The molecule has 0 radical (unpaired) electrons. The molecule has 18 heavy (non-hydrogen) atoms. The minimum Gasteiger partial charge on any atom is -0.492 e. The molecule has 1 saturated heterocycles. The van der Waals surface area contributed by atoms with E-state index in [2.05, 4.69) is 4.98 Å². The number of hydrogen-bond acceptors (Lipinski definition) is 6. The van der Waals surface area contributed by atoms with Crippen LogP contribution < -0.4 is 4.74 Å². The molecular weight excluding hydrogens is 257 g/mol. The van der Waals surface area contributed by atoms with Crippen LogP contribution in [0.2, 0.25) is 0 Å². The second-order valence-corrected chi connectivity index (χ2v) is 6.01. The Morgan fingerprint density at radius 3 is 2.72 bits per heavy atom. The number of aromatic nitrogens is 1. The summed E-state index contributed by atoms with van der Waals surface area (Å²) in [5, 5.41) is 9.99. The summed E-state index contributed by atoms with van der Waals surface area (Å²) < 4.78 is 15.5. The van der Waals surface area contributed by atoms with Crippen LogP contribution in [0.1, 0.15) is 24.9 Å². The van der Waals surface area contributed by atoms with Crippen molar-refractivity contribution >= 4 is 7.94 Å². The molecule has 2 rings (SSSR count). The molecule has 1 fully saturated rings. The first-order valence-corrected chi connectivity index (χ1v) is 7.48. The van der Waals surface area contributed by atoms with E-state index in [9.17, 15) is 10.00 Å². The van der Waals surface area contributed by atoms with Crippen molar-refractivity contribution < 1.29 is 23.8 Å². The van der Waals surface area contributed by atoms with Gasteiger partial charge in [0.1, 0.15) is 24.7 Å². The smallest absolute Gasteiger partial charge is 0.446 e. The van der Waals surface area contributed by atoms with E-state index in [4.69, 9.17) is 13.8 Å². The number of nitrogens with zero attached hydrogens (tertiary/aromatic N) is 1. The summed E-state index contributed by atoms with van der Waals surface area (Å²) in [6.07, 6.45) is 2.42. The zero-order valence-corrected chi connectivity index (χ0v) is 11.0. The Balaban J connectivity index is 2.04. The predicted octanol–water partition coefficient (Wildman–Crippen LogP) is 1.66. The zero-order valence-electron chi connectivity index (χ0n) is 10.2. The summed E-state index contributed by atoms with van der Waals surface area (Å²) >= 11 is 0. The lowest BCUT2D eigenvalue weighted by atomic mass is 10.3. The molecule has 0 saturated carbocycles. The number of ether oxygens (including phenoxy) is 1. The number of pyridine rings is 1. The highest BCUT2D eigenvalue weighted by Gasteiger charge is 2.55. The molecule has 1 aromatic heterocycles. The second kappa shape index (κ2) is 5.91. The molecule has 1 aromatic rings. The Morgan fingerprint density at radius 2 is 2.17 bits per heavy atom. The maximum Gasteiger partial charge on any atom is 0.446 e. The second-order valence-electron chi connectivity index (χ2n) is 3.87. The van der Waals surface area contributed by atoms with Gasteiger partial charge in [-0.15, -0.1) is 0 Å². The van der Waals surface area contributed by atoms with E-state index in [0.717, 1.165) is 6.42 Å². The molecule has 0 amide bonds. The Hall–Kier alpha value is -0.780. The standard InChI is InChI=1S/C11H17NO5P/c1-2-5-15-9-3-4-10(12-8-9)11(13)18(14)16-6-7-17-18/h3-4,8,11,13-14H,2,5-7H2,1H3/q+1. The van der Waals surface area contributed by atoms with E-state index >= 15 is 0 Å². The third kappa shape index (κ3) is 2.96. The average Bonchev–Trinajstić information content (AvgIpc) is 2.84. The van der Waals surface area contributed by atoms with Crippen LogP contribution in [0, 0.1) is 0 Å². The van der Waals surface area contributed by atoms with Crippen molar-refractivity contribution in [1.29, 1.82) is 0 Å². The normalized spacial score (nSPS) is 19.7. The number of aliphatic hydroxyl groups excluding tert-OH is 1. The maximum absolute atomic E-state index is 9.99. The van der Waals surface area contributed by atoms with E-state index in [1.165, 1.54) is 6.20 Å². The lowest BCUT2D eigenvalue weighted by Crippen LogP contribution is -2.07. The molecule has 6 nitrogen and oxygen atoms in total. The fraction of sp³-hybridized carbons (Fsp3) is 0.545. The van der Waals surface area contributed by atoms with Crippen molar-refractivity contribution in [1.82, 2.24) is 4.98 Å². The lowest BCUT2D eigenvalue weighted by Gasteiger charge is -2.15. The summed E-state index contributed by atoms with van der Waals surface area (Å²) in [5.74, 6) is -0.605. The molecule has 2 heterocycles. The SMILES string of the molecule is CCCOc1ccc(C(O)[P+]2(O)OCCO2)nc1. The van der Waals surface area contributed by atoms with Gasteiger partial charge in [0, 0.05) is 0 Å². The predicted molar refractivity (Wildman–Crippen MR) is 66.0 cm³/mol. The van der Waals surface area contributed by atoms with Crippen molar-refractivity contribution in [3.63, 3.8) is 0 Å². The van der Waals surface area contributed by atoms with Gasteiger partial charge in [0.15, 0.2) is 0 Å². The van der Waals surface area contributed by atoms with Crippen LogP contribution >= 0.6 is 7.94 Å². The molecule has 0 spiro atoms. The quantitative estimate of drug-likeness (QED) is 0.795. The van der Waals surface area contributed by atoms with E-state index in [-0.39, 0.29) is 0 Å². The Bertz CT molecular complexity index is 380. The minimum absolute atomic E-state index is 0.291. The molecule has 1 aliphatic heterocycles. The maximum atomic E-state index is 9.99. The highest BCUT2D eigenvalue weighted by atomic mass is 31.2. The Kier molecular flexibility index (Phi) is 4.48. The fourth-order valence-corrected chi connectivity index (χ4v) is 3.05. The van der Waals surface area contributed by atoms with Gasteiger partial charge in [-0.2, -0.15) is 13.9 Å². The molecule has 1 aliphatic rings. The lowest BCUT2D eigenvalue weighted by molar-refractivity contribution is 0.177. The summed E-state index contributed by atoms with van der Waals surface area (Å²) in [6.45, 7) is 3.21. The van der Waals surface area contributed by atoms with E-state index in [0.29, 0.717) is 31.3 Å². The van der Waals surface area contributed by atoms with Gasteiger partial charge in [-0.1, -0.05) is 6.92 Å². The molecule has 0 aromatic carbocycles. The average molecular weight is 274 g/mol. The minimum atomic E-state index is -3.22. The van der Waals surface area contributed by atoms with E-state index < -0.39 is 13.8 Å². The van der Waals surface area contributed by atoms with Crippen LogP contribution in [0.25, 0.3) is 0 Å². The number of hydrogen-bond donors (Lipinski definition) is 2. The first kappa shape index (κ1) is 13.6. The van der Waals surface area contributed by atoms with Gasteiger partial charge in [-0.25, -0.2) is 0 Å². The largest absolute Gasteiger partial charge is 0.492 e. The van der Waals surface area contributed by atoms with E-state index in [1.807, 2.05) is 6.92 Å². The van der Waals surface area contributed by atoms with Gasteiger partial charge < -0.3 is 9.84 Å². The van der Waals surface area contributed by atoms with Gasteiger partial charge >= 0.3 is 7.94 Å². The topological polar surface area (TPSA) is 81.0 Å². The van der Waals surface area contributed by atoms with Crippen molar-refractivity contribution in [3.8, 4) is 5.75 Å². The van der Waals surface area contributed by atoms with Crippen molar-refractivity contribution in [2.24, 2.45) is 0 Å². The van der Waals surface area contributed by atoms with Gasteiger partial charge in [0.25, 0.3) is 5.85 Å². The third-order valence-electron chi connectivity index (χ3n) is 2.44. The van der Waals surface area contributed by atoms with Gasteiger partial charge in [0.2, 0.25) is 0 Å². The Labute approximate surface area is 106 Å². The number of aliphatic hydroxyl groups is 1. The summed E-state index contributed by atoms with van der Waals surface area (Å²) in [7, 11) is -3.22. The molecule has 7 heteroatoms. The van der Waals surface area contributed by atoms with Crippen LogP contribution in [0.4, 0.5) is 0 Å². The molecule has 0 aliphatic carbocycles. The first-order chi connectivity index (χ1) is 8.65. The molecule has 2 N–H and O–H groups in total. The van der Waals surface area contributed by atoms with Crippen LogP contribution in [-0.4, -0.2) is 34.8 Å². The fourth-order valence-electron chi connectivity index (χ4n) is 1.53. The highest BCUT2D eigenvalue weighted by molar-refractivity contribution is 7.60. The molecule has 100 valence electrons. The molecule has 1 unspecified atom stereocenters. The molecule has 1 atom stereocenters. The van der Waals surface area contributed by atoms with Crippen LogP contribution in [0.15, 0.2) is 18.3 Å². The third-order valence-corrected chi connectivity index (χ3v) is 4.43. The first-order valence-electron chi connectivity index (χ1n) is 5.83. The molecule has 0 bridgehead atoms. The van der Waals surface area contributed by atoms with Crippen LogP contribution in [0.5, 0.6) is 5.75 Å². The van der Waals surface area contributed by atoms with Crippen molar-refractivity contribution in [2.75, 3.05) is 19.8 Å². The highest BCUT2D eigenvalue weighted by Crippen LogP contribution is 2.69. The summed E-state index contributed by atoms with van der Waals surface area (Å²) in [5.41, 5.74) is 0.316. The molecular formula is C11H17NO5P+. The van der Waals surface area contributed by atoms with Gasteiger partial charge in [-0.05, 0) is 18.6 Å². The van der Waals surface area contributed by atoms with E-state index in [1.54, 1.807) is 12.1 Å². The Morgan fingerprint density at radius 1 is 1.44 bits per heavy atom. The van der Waals surface area contributed by atoms with Gasteiger partial charge in [-0.3, -0.25) is 4.98 Å². The summed E-state index contributed by atoms with van der Waals surface area (Å²) in [4.78, 5) is 14.0. The van der Waals surface area contributed by atoms with Gasteiger partial charge in [0.05, 0.1) is 12.8 Å². The van der Waals surface area contributed by atoms with Crippen LogP contribution in [-0.2, 0) is 9.05 Å². The zero-order chi connectivity index (χ0) is 13.0. The van der Waals surface area contributed by atoms with Crippen molar-refractivity contribution in [3.05, 3.63) is 24.0 Å². The number of rotatable bonds is 5.